The third kappa shape index (κ3) is 5.97. The molecule has 0 N–H and O–H groups in total. The summed E-state index contributed by atoms with van der Waals surface area (Å²) in [4.78, 5) is 35.1. The molecule has 1 saturated heterocycles. The van der Waals surface area contributed by atoms with Crippen LogP contribution in [0, 0.1) is 0 Å². The Kier molecular flexibility index (Phi) is 7.89. The highest BCUT2D eigenvalue weighted by Crippen LogP contribution is 2.30. The van der Waals surface area contributed by atoms with E-state index < -0.39 is 0 Å². The van der Waals surface area contributed by atoms with Crippen LogP contribution in [0.2, 0.25) is 0 Å². The van der Waals surface area contributed by atoms with Gasteiger partial charge in [-0.25, -0.2) is 0 Å². The standard InChI is InChI=1S/C38H33N5O2/c44-36(41-19-21-42(22-20-41)38(45)37(30-9-3-1-4-10-30)31-11-5-2-6-12-31)27-43-26-33(24-40-43)28-15-17-29(18-16-28)35-25-39-23-32-13-7-8-14-34(32)35/h1-18,23-26,37H,19-22,27H2. The molecule has 6 aromatic rings. The van der Waals surface area contributed by atoms with Crippen LogP contribution in [0.15, 0.2) is 134 Å². The second-order valence-corrected chi connectivity index (χ2v) is 11.4. The number of hydrogen-bond acceptors (Lipinski definition) is 4. The fourth-order valence-corrected chi connectivity index (χ4v) is 6.15. The van der Waals surface area contributed by atoms with E-state index in [0.29, 0.717) is 26.2 Å². The molecule has 0 unspecified atom stereocenters. The first-order chi connectivity index (χ1) is 22.1. The molecule has 222 valence electrons. The predicted molar refractivity (Wildman–Crippen MR) is 176 cm³/mol. The van der Waals surface area contributed by atoms with Crippen LogP contribution >= 0.6 is 0 Å². The molecule has 0 aliphatic carbocycles. The molecule has 2 amide bonds. The van der Waals surface area contributed by atoms with Gasteiger partial charge in [0.25, 0.3) is 0 Å². The Morgan fingerprint density at radius 3 is 1.91 bits per heavy atom. The molecule has 1 aliphatic rings. The molecule has 0 bridgehead atoms. The van der Waals surface area contributed by atoms with Gasteiger partial charge in [-0.3, -0.25) is 19.3 Å². The summed E-state index contributed by atoms with van der Waals surface area (Å²) in [6.07, 6.45) is 7.50. The highest BCUT2D eigenvalue weighted by molar-refractivity contribution is 5.96. The Hall–Kier alpha value is -5.56. The third-order valence-corrected chi connectivity index (χ3v) is 8.58. The zero-order valence-corrected chi connectivity index (χ0v) is 24.9. The van der Waals surface area contributed by atoms with Crippen molar-refractivity contribution in [3.05, 3.63) is 145 Å². The number of nitrogens with zero attached hydrogens (tertiary/aromatic N) is 5. The average molecular weight is 592 g/mol. The minimum atomic E-state index is -0.366. The second kappa shape index (κ2) is 12.6. The van der Waals surface area contributed by atoms with Crippen molar-refractivity contribution in [2.24, 2.45) is 0 Å². The van der Waals surface area contributed by atoms with Gasteiger partial charge in [-0.15, -0.1) is 0 Å². The topological polar surface area (TPSA) is 71.3 Å². The minimum absolute atomic E-state index is 0.00165. The molecule has 2 aromatic heterocycles. The van der Waals surface area contributed by atoms with E-state index in [2.05, 4.69) is 46.5 Å². The number of carbonyl (C=O) groups is 2. The smallest absolute Gasteiger partial charge is 0.244 e. The third-order valence-electron chi connectivity index (χ3n) is 8.58. The molecule has 7 nitrogen and oxygen atoms in total. The molecule has 45 heavy (non-hydrogen) atoms. The van der Waals surface area contributed by atoms with Crippen molar-refractivity contribution in [2.75, 3.05) is 26.2 Å². The number of carbonyl (C=O) groups excluding carboxylic acids is 2. The largest absolute Gasteiger partial charge is 0.338 e. The molecule has 7 rings (SSSR count). The molecule has 0 radical (unpaired) electrons. The van der Waals surface area contributed by atoms with Crippen LogP contribution < -0.4 is 0 Å². The monoisotopic (exact) mass is 591 g/mol. The van der Waals surface area contributed by atoms with Gasteiger partial charge < -0.3 is 9.80 Å². The van der Waals surface area contributed by atoms with Gasteiger partial charge in [-0.2, -0.15) is 5.10 Å². The van der Waals surface area contributed by atoms with E-state index in [4.69, 9.17) is 0 Å². The Morgan fingerprint density at radius 2 is 1.22 bits per heavy atom. The van der Waals surface area contributed by atoms with Crippen LogP contribution in [0.5, 0.6) is 0 Å². The lowest BCUT2D eigenvalue weighted by Crippen LogP contribution is -2.52. The number of amides is 2. The molecule has 1 aliphatic heterocycles. The van der Waals surface area contributed by atoms with Gasteiger partial charge in [0.05, 0.1) is 12.1 Å². The molecule has 3 heterocycles. The quantitative estimate of drug-likeness (QED) is 0.220. The van der Waals surface area contributed by atoms with E-state index in [1.54, 1.807) is 10.9 Å². The van der Waals surface area contributed by atoms with Crippen LogP contribution in [0.25, 0.3) is 33.0 Å². The number of rotatable bonds is 7. The van der Waals surface area contributed by atoms with Gasteiger partial charge >= 0.3 is 0 Å². The predicted octanol–water partition coefficient (Wildman–Crippen LogP) is 6.27. The summed E-state index contributed by atoms with van der Waals surface area (Å²) in [5.74, 6) is -0.299. The normalized spacial score (nSPS) is 13.4. The Labute approximate surface area is 262 Å². The summed E-state index contributed by atoms with van der Waals surface area (Å²) >= 11 is 0. The van der Waals surface area contributed by atoms with Crippen LogP contribution in [-0.4, -0.2) is 62.6 Å². The fraction of sp³-hybridized carbons (Fsp3) is 0.158. The van der Waals surface area contributed by atoms with Crippen molar-refractivity contribution < 1.29 is 9.59 Å². The summed E-state index contributed by atoms with van der Waals surface area (Å²) in [6.45, 7) is 2.16. The number of fused-ring (bicyclic) bond motifs is 1. The number of hydrogen-bond donors (Lipinski definition) is 0. The van der Waals surface area contributed by atoms with Crippen LogP contribution in [0.4, 0.5) is 0 Å². The number of piperazine rings is 1. The van der Waals surface area contributed by atoms with Crippen molar-refractivity contribution in [1.82, 2.24) is 24.6 Å². The summed E-state index contributed by atoms with van der Waals surface area (Å²) in [6, 6.07) is 36.4. The zero-order valence-electron chi connectivity index (χ0n) is 24.9. The number of benzene rings is 4. The first-order valence-corrected chi connectivity index (χ1v) is 15.3. The van der Waals surface area contributed by atoms with Gasteiger partial charge in [0, 0.05) is 61.3 Å². The van der Waals surface area contributed by atoms with Crippen molar-refractivity contribution in [3.63, 3.8) is 0 Å². The highest BCUT2D eigenvalue weighted by atomic mass is 16.2. The molecule has 7 heteroatoms. The molecule has 4 aromatic carbocycles. The molecular weight excluding hydrogens is 558 g/mol. The van der Waals surface area contributed by atoms with Crippen molar-refractivity contribution in [3.8, 4) is 22.3 Å². The first kappa shape index (κ1) is 28.2. The van der Waals surface area contributed by atoms with E-state index in [9.17, 15) is 9.59 Å². The number of aromatic nitrogens is 3. The zero-order chi connectivity index (χ0) is 30.6. The molecule has 0 spiro atoms. The molecule has 0 saturated carbocycles. The van der Waals surface area contributed by atoms with E-state index in [0.717, 1.165) is 38.8 Å². The van der Waals surface area contributed by atoms with Gasteiger partial charge in [0.2, 0.25) is 11.8 Å². The number of pyridine rings is 1. The Balaban J connectivity index is 0.980. The minimum Gasteiger partial charge on any atom is -0.338 e. The lowest BCUT2D eigenvalue weighted by Gasteiger charge is -2.36. The maximum Gasteiger partial charge on any atom is 0.244 e. The van der Waals surface area contributed by atoms with Crippen LogP contribution in [0.1, 0.15) is 17.0 Å². The van der Waals surface area contributed by atoms with E-state index in [-0.39, 0.29) is 24.3 Å². The van der Waals surface area contributed by atoms with Gasteiger partial charge in [-0.1, -0.05) is 109 Å². The fourth-order valence-electron chi connectivity index (χ4n) is 6.15. The summed E-state index contributed by atoms with van der Waals surface area (Å²) in [5, 5.41) is 6.76. The van der Waals surface area contributed by atoms with Gasteiger partial charge in [0.15, 0.2) is 0 Å². The van der Waals surface area contributed by atoms with Crippen LogP contribution in [0.3, 0.4) is 0 Å². The Morgan fingerprint density at radius 1 is 0.622 bits per heavy atom. The molecule has 1 fully saturated rings. The van der Waals surface area contributed by atoms with Crippen molar-refractivity contribution in [2.45, 2.75) is 12.5 Å². The second-order valence-electron chi connectivity index (χ2n) is 11.4. The van der Waals surface area contributed by atoms with Gasteiger partial charge in [0.1, 0.15) is 6.54 Å². The van der Waals surface area contributed by atoms with Gasteiger partial charge in [-0.05, 0) is 27.6 Å². The van der Waals surface area contributed by atoms with Crippen molar-refractivity contribution in [1.29, 1.82) is 0 Å². The SMILES string of the molecule is O=C(Cn1cc(-c2ccc(-c3cncc4ccccc34)cc2)cn1)N1CCN(C(=O)C(c2ccccc2)c2ccccc2)CC1. The van der Waals surface area contributed by atoms with Crippen molar-refractivity contribution >= 4 is 22.6 Å². The maximum absolute atomic E-state index is 13.8. The molecule has 0 atom stereocenters. The lowest BCUT2D eigenvalue weighted by atomic mass is 9.90. The summed E-state index contributed by atoms with van der Waals surface area (Å²) in [5.41, 5.74) is 6.13. The van der Waals surface area contributed by atoms with Crippen LogP contribution in [-0.2, 0) is 16.1 Å². The maximum atomic E-state index is 13.8. The molecular formula is C38H33N5O2. The lowest BCUT2D eigenvalue weighted by molar-refractivity contribution is -0.140. The highest BCUT2D eigenvalue weighted by Gasteiger charge is 2.31. The average Bonchev–Trinajstić information content (AvgIpc) is 3.57. The first-order valence-electron chi connectivity index (χ1n) is 15.3. The van der Waals surface area contributed by atoms with E-state index in [1.165, 1.54) is 5.39 Å². The summed E-state index contributed by atoms with van der Waals surface area (Å²) < 4.78 is 1.69. The Bertz CT molecular complexity index is 1880. The summed E-state index contributed by atoms with van der Waals surface area (Å²) in [7, 11) is 0. The van der Waals surface area contributed by atoms with E-state index in [1.807, 2.05) is 101 Å². The van der Waals surface area contributed by atoms with E-state index >= 15 is 0 Å².